The Morgan fingerprint density at radius 2 is 1.67 bits per heavy atom. The van der Waals surface area contributed by atoms with Gasteiger partial charge in [-0.15, -0.1) is 0 Å². The summed E-state index contributed by atoms with van der Waals surface area (Å²) in [4.78, 5) is 32.1. The van der Waals surface area contributed by atoms with Gasteiger partial charge in [0.05, 0.1) is 24.8 Å². The predicted octanol–water partition coefficient (Wildman–Crippen LogP) is 0.680. The maximum atomic E-state index is 14.0. The van der Waals surface area contributed by atoms with Crippen LogP contribution in [0.3, 0.4) is 0 Å². The number of nitrogen functional groups attached to an aromatic ring is 1. The van der Waals surface area contributed by atoms with E-state index in [1.54, 1.807) is 25.3 Å². The number of hydrogen-bond donors (Lipinski definition) is 6. The summed E-state index contributed by atoms with van der Waals surface area (Å²) < 4.78 is 16.8. The molecule has 1 aliphatic carbocycles. The summed E-state index contributed by atoms with van der Waals surface area (Å²) in [5, 5.41) is 51.4. The van der Waals surface area contributed by atoms with Crippen LogP contribution in [-0.4, -0.2) is 86.5 Å². The first-order valence-electron chi connectivity index (χ1n) is 13.5. The average Bonchev–Trinajstić information content (AvgIpc) is 2.98. The minimum absolute atomic E-state index is 0.0215. The first kappa shape index (κ1) is 29.4. The topological polar surface area (TPSA) is 202 Å². The molecule has 0 unspecified atom stereocenters. The number of nitrogens with two attached hydrogens (primary N) is 1. The Bertz CT molecular complexity index is 1520. The van der Waals surface area contributed by atoms with Crippen molar-refractivity contribution >= 4 is 17.4 Å². The van der Waals surface area contributed by atoms with Crippen molar-refractivity contribution in [2.45, 2.75) is 56.9 Å². The fourth-order valence-electron chi connectivity index (χ4n) is 5.45. The number of carbonyl (C=O) groups is 2. The monoisotopic (exact) mass is 580 g/mol. The number of fused-ring (bicyclic) bond motifs is 2. The highest BCUT2D eigenvalue weighted by Crippen LogP contribution is 2.43. The van der Waals surface area contributed by atoms with Crippen molar-refractivity contribution in [2.24, 2.45) is 0 Å². The number of rotatable bonds is 8. The summed E-state index contributed by atoms with van der Waals surface area (Å²) in [5.74, 6) is -1.17. The average molecular weight is 581 g/mol. The third-order valence-electron chi connectivity index (χ3n) is 7.68. The largest absolute Gasteiger partial charge is 0.507 e. The lowest BCUT2D eigenvalue weighted by Crippen LogP contribution is -2.60. The number of aromatic nitrogens is 1. The van der Waals surface area contributed by atoms with Crippen LogP contribution in [0.1, 0.15) is 55.5 Å². The van der Waals surface area contributed by atoms with E-state index in [-0.39, 0.29) is 39.5 Å². The number of hydrogen-bond acceptors (Lipinski definition) is 12. The SMILES string of the molecule is CCc1c(OC)cc(O[C@@H]2O[C@H](CO)[C@@H](O)[C@H](O)[C@H]2O)c2c1C(=O)c1cc(CCc3ccc(N)nc3)cc(O)c1C2=O. The third kappa shape index (κ3) is 5.08. The number of phenols is 1. The molecule has 12 heteroatoms. The Morgan fingerprint density at radius 1 is 0.929 bits per heavy atom. The Morgan fingerprint density at radius 3 is 2.31 bits per heavy atom. The van der Waals surface area contributed by atoms with E-state index in [9.17, 15) is 35.1 Å². The Kier molecular flexibility index (Phi) is 8.17. The zero-order chi connectivity index (χ0) is 30.3. The first-order chi connectivity index (χ1) is 20.1. The highest BCUT2D eigenvalue weighted by atomic mass is 16.7. The number of anilines is 1. The normalized spacial score (nSPS) is 23.3. The minimum Gasteiger partial charge on any atom is -0.507 e. The Labute approximate surface area is 240 Å². The van der Waals surface area contributed by atoms with Crippen molar-refractivity contribution in [3.8, 4) is 17.2 Å². The lowest BCUT2D eigenvalue weighted by Gasteiger charge is -2.40. The summed E-state index contributed by atoms with van der Waals surface area (Å²) in [5.41, 5.74) is 7.31. The van der Waals surface area contributed by atoms with Crippen LogP contribution in [0, 0.1) is 0 Å². The number of aliphatic hydroxyl groups is 4. The van der Waals surface area contributed by atoms with E-state index in [1.807, 2.05) is 6.07 Å². The smallest absolute Gasteiger partial charge is 0.229 e. The number of aryl methyl sites for hydroxylation is 2. The molecule has 0 bridgehead atoms. The molecule has 1 fully saturated rings. The van der Waals surface area contributed by atoms with Crippen LogP contribution < -0.4 is 15.2 Å². The molecule has 7 N–H and O–H groups in total. The van der Waals surface area contributed by atoms with Gasteiger partial charge in [0, 0.05) is 29.0 Å². The van der Waals surface area contributed by atoms with Crippen molar-refractivity contribution in [1.82, 2.24) is 4.98 Å². The lowest BCUT2D eigenvalue weighted by atomic mass is 9.79. The molecule has 2 aromatic carbocycles. The first-order valence-corrected chi connectivity index (χ1v) is 13.5. The zero-order valence-corrected chi connectivity index (χ0v) is 23.0. The summed E-state index contributed by atoms with van der Waals surface area (Å²) in [7, 11) is 1.39. The number of pyridine rings is 1. The van der Waals surface area contributed by atoms with Crippen molar-refractivity contribution in [3.63, 3.8) is 0 Å². The van der Waals surface area contributed by atoms with Crippen molar-refractivity contribution < 1.29 is 49.3 Å². The number of aliphatic hydroxyl groups excluding tert-OH is 4. The van der Waals surface area contributed by atoms with E-state index in [4.69, 9.17) is 19.9 Å². The summed E-state index contributed by atoms with van der Waals surface area (Å²) in [6.45, 7) is 1.11. The van der Waals surface area contributed by atoms with E-state index in [1.165, 1.54) is 19.2 Å². The molecule has 222 valence electrons. The molecule has 5 rings (SSSR count). The number of phenolic OH excluding ortho intramolecular Hbond substituents is 1. The number of aromatic hydroxyl groups is 1. The maximum absolute atomic E-state index is 14.0. The van der Waals surface area contributed by atoms with Crippen LogP contribution in [0.4, 0.5) is 5.82 Å². The van der Waals surface area contributed by atoms with Gasteiger partial charge in [-0.3, -0.25) is 9.59 Å². The van der Waals surface area contributed by atoms with Gasteiger partial charge in [0.15, 0.2) is 5.78 Å². The van der Waals surface area contributed by atoms with Gasteiger partial charge in [-0.25, -0.2) is 4.98 Å². The van der Waals surface area contributed by atoms with Crippen LogP contribution in [0.15, 0.2) is 36.5 Å². The molecule has 0 spiro atoms. The number of ether oxygens (including phenoxy) is 3. The number of nitrogens with zero attached hydrogens (tertiary/aromatic N) is 1. The second-order valence-electron chi connectivity index (χ2n) is 10.3. The van der Waals surface area contributed by atoms with Gasteiger partial charge in [-0.2, -0.15) is 0 Å². The number of methoxy groups -OCH3 is 1. The second-order valence-corrected chi connectivity index (χ2v) is 10.3. The van der Waals surface area contributed by atoms with Crippen molar-refractivity contribution in [3.05, 3.63) is 75.5 Å². The molecule has 0 saturated carbocycles. The Balaban J connectivity index is 1.56. The van der Waals surface area contributed by atoms with Gasteiger partial charge in [0.25, 0.3) is 0 Å². The second kappa shape index (κ2) is 11.7. The highest BCUT2D eigenvalue weighted by Gasteiger charge is 2.46. The van der Waals surface area contributed by atoms with E-state index < -0.39 is 48.9 Å². The third-order valence-corrected chi connectivity index (χ3v) is 7.68. The molecule has 3 aromatic rings. The molecule has 42 heavy (non-hydrogen) atoms. The van der Waals surface area contributed by atoms with Gasteiger partial charge < -0.3 is 45.5 Å². The van der Waals surface area contributed by atoms with Crippen LogP contribution in [0.2, 0.25) is 0 Å². The number of carbonyl (C=O) groups excluding carboxylic acids is 2. The highest BCUT2D eigenvalue weighted by molar-refractivity contribution is 6.31. The van der Waals surface area contributed by atoms with Gasteiger partial charge in [0.2, 0.25) is 12.1 Å². The zero-order valence-electron chi connectivity index (χ0n) is 23.0. The predicted molar refractivity (Wildman–Crippen MR) is 148 cm³/mol. The minimum atomic E-state index is -1.76. The maximum Gasteiger partial charge on any atom is 0.229 e. The molecule has 1 aliphatic heterocycles. The van der Waals surface area contributed by atoms with E-state index in [2.05, 4.69) is 4.98 Å². The molecule has 1 saturated heterocycles. The van der Waals surface area contributed by atoms with Crippen LogP contribution in [0.25, 0.3) is 0 Å². The van der Waals surface area contributed by atoms with Crippen molar-refractivity contribution in [1.29, 1.82) is 0 Å². The Hall–Kier alpha value is -4.07. The molecule has 1 aromatic heterocycles. The van der Waals surface area contributed by atoms with Gasteiger partial charge >= 0.3 is 0 Å². The molecule has 2 aliphatic rings. The molecule has 0 amide bonds. The summed E-state index contributed by atoms with van der Waals surface area (Å²) in [6, 6.07) is 7.90. The quantitative estimate of drug-likeness (QED) is 0.170. The van der Waals surface area contributed by atoms with Crippen molar-refractivity contribution in [2.75, 3.05) is 19.5 Å². The molecular weight excluding hydrogens is 548 g/mol. The molecule has 12 nitrogen and oxygen atoms in total. The molecule has 0 radical (unpaired) electrons. The fourth-order valence-corrected chi connectivity index (χ4v) is 5.45. The molecule has 2 heterocycles. The van der Waals surface area contributed by atoms with Crippen LogP contribution in [-0.2, 0) is 24.0 Å². The summed E-state index contributed by atoms with van der Waals surface area (Å²) >= 11 is 0. The molecule has 5 atom stereocenters. The number of benzene rings is 2. The van der Waals surface area contributed by atoms with Crippen LogP contribution >= 0.6 is 0 Å². The summed E-state index contributed by atoms with van der Waals surface area (Å²) in [6.07, 6.45) is -5.02. The van der Waals surface area contributed by atoms with E-state index in [0.29, 0.717) is 36.2 Å². The lowest BCUT2D eigenvalue weighted by molar-refractivity contribution is -0.277. The molecular formula is C30H32N2O10. The fraction of sp³-hybridized carbons (Fsp3) is 0.367. The standard InChI is InChI=1S/C30H32N2O10/c1-3-15-18(40-2)10-19(41-30-29(39)28(38)26(36)20(12-33)42-30)24-23(15)25(35)16-8-14(9-17(34)22(16)27(24)37)5-4-13-6-7-21(31)32-11-13/h6-11,20,26,28-30,33-34,36,38-39H,3-5,12H2,1-2H3,(H2,31,32)/t20-,26-,28+,29-,30-/m1/s1. The van der Waals surface area contributed by atoms with Crippen LogP contribution in [0.5, 0.6) is 17.2 Å². The van der Waals surface area contributed by atoms with Gasteiger partial charge in [0.1, 0.15) is 47.5 Å². The van der Waals surface area contributed by atoms with Gasteiger partial charge in [-0.1, -0.05) is 13.0 Å². The van der Waals surface area contributed by atoms with E-state index >= 15 is 0 Å². The van der Waals surface area contributed by atoms with Gasteiger partial charge in [-0.05, 0) is 48.6 Å². The van der Waals surface area contributed by atoms with E-state index in [0.717, 1.165) is 5.56 Å². The number of ketones is 2.